The molecule has 0 amide bonds. The number of hydrogen-bond acceptors (Lipinski definition) is 1. The number of benzene rings is 1. The third-order valence-electron chi connectivity index (χ3n) is 0.969. The normalized spacial score (nSPS) is 7.82. The van der Waals surface area contributed by atoms with Crippen molar-refractivity contribution in [2.45, 2.75) is 13.3 Å². The lowest BCUT2D eigenvalue weighted by atomic mass is 10.4. The fourth-order valence-electron chi connectivity index (χ4n) is 0.385. The molecule has 0 radical (unpaired) electrons. The van der Waals surface area contributed by atoms with Crippen LogP contribution in [0.1, 0.15) is 13.3 Å². The monoisotopic (exact) mass is 168 g/mol. The first-order valence-corrected chi connectivity index (χ1v) is 3.94. The summed E-state index contributed by atoms with van der Waals surface area (Å²) in [5.74, 6) is 0. The highest BCUT2D eigenvalue weighted by Gasteiger charge is 1.78. The Morgan fingerprint density at radius 1 is 1.09 bits per heavy atom. The van der Waals surface area contributed by atoms with Gasteiger partial charge in [-0.05, 0) is 0 Å². The zero-order chi connectivity index (χ0) is 8.53. The first kappa shape index (κ1) is 10.2. The summed E-state index contributed by atoms with van der Waals surface area (Å²) in [5, 5.41) is -0.0509. The van der Waals surface area contributed by atoms with Crippen LogP contribution in [0.4, 0.5) is 0 Å². The molecule has 0 bridgehead atoms. The molecule has 0 saturated carbocycles. The van der Waals surface area contributed by atoms with Gasteiger partial charge in [0.2, 0.25) is 0 Å². The third kappa shape index (κ3) is 9.24. The second-order valence-corrected chi connectivity index (χ2v) is 2.40. The minimum Gasteiger partial charge on any atom is -0.288 e. The van der Waals surface area contributed by atoms with Gasteiger partial charge in [-0.1, -0.05) is 43.3 Å². The molecule has 0 N–H and O–H groups in total. The molecule has 11 heavy (non-hydrogen) atoms. The Bertz CT molecular complexity index is 157. The highest BCUT2D eigenvalue weighted by molar-refractivity contribution is 7.96. The van der Waals surface area contributed by atoms with E-state index in [1.54, 1.807) is 6.92 Å². The maximum absolute atomic E-state index is 9.68. The van der Waals surface area contributed by atoms with Crippen LogP contribution in [0.2, 0.25) is 0 Å². The molecule has 1 rings (SSSR count). The van der Waals surface area contributed by atoms with Gasteiger partial charge in [0.05, 0.1) is 0 Å². The molecular weight excluding hydrogens is 156 g/mol. The van der Waals surface area contributed by atoms with Gasteiger partial charge in [-0.3, -0.25) is 4.79 Å². The predicted molar refractivity (Wildman–Crippen MR) is 50.7 cm³/mol. The van der Waals surface area contributed by atoms with Crippen molar-refractivity contribution >= 4 is 17.7 Å². The van der Waals surface area contributed by atoms with Gasteiger partial charge in [-0.25, -0.2) is 0 Å². The van der Waals surface area contributed by atoms with Crippen LogP contribution < -0.4 is 0 Å². The Kier molecular flexibility index (Phi) is 6.84. The summed E-state index contributed by atoms with van der Waals surface area (Å²) in [6.45, 7) is 1.77. The molecule has 2 heteroatoms. The van der Waals surface area contributed by atoms with Crippen LogP contribution in [0.15, 0.2) is 36.4 Å². The van der Waals surface area contributed by atoms with Gasteiger partial charge in [0.15, 0.2) is 5.12 Å². The van der Waals surface area contributed by atoms with Crippen LogP contribution >= 0.6 is 12.6 Å². The molecule has 0 aliphatic rings. The average Bonchev–Trinajstić information content (AvgIpc) is 2.09. The third-order valence-corrected chi connectivity index (χ3v) is 1.29. The Hall–Kier alpha value is -0.760. The predicted octanol–water partition coefficient (Wildman–Crippen LogP) is 2.54. The fraction of sp³-hybridized carbons (Fsp3) is 0.222. The number of thiol groups is 1. The van der Waals surface area contributed by atoms with Crippen molar-refractivity contribution in [1.82, 2.24) is 0 Å². The number of carbonyl (C=O) groups excluding carboxylic acids is 1. The van der Waals surface area contributed by atoms with E-state index >= 15 is 0 Å². The quantitative estimate of drug-likeness (QED) is 0.638. The van der Waals surface area contributed by atoms with Crippen LogP contribution in [0.25, 0.3) is 0 Å². The number of rotatable bonds is 1. The Balaban J connectivity index is 0.000000187. The first-order chi connectivity index (χ1) is 5.27. The van der Waals surface area contributed by atoms with E-state index in [4.69, 9.17) is 0 Å². The highest BCUT2D eigenvalue weighted by Crippen LogP contribution is 1.80. The highest BCUT2D eigenvalue weighted by atomic mass is 32.1. The second-order valence-electron chi connectivity index (χ2n) is 1.90. The Morgan fingerprint density at radius 2 is 1.27 bits per heavy atom. The lowest BCUT2D eigenvalue weighted by Crippen LogP contribution is -1.74. The Morgan fingerprint density at radius 3 is 1.36 bits per heavy atom. The lowest BCUT2D eigenvalue weighted by Gasteiger charge is -1.70. The van der Waals surface area contributed by atoms with E-state index in [9.17, 15) is 4.79 Å². The minimum absolute atomic E-state index is 0.0509. The van der Waals surface area contributed by atoms with Crippen molar-refractivity contribution in [3.8, 4) is 0 Å². The molecule has 1 aromatic rings. The molecule has 0 aliphatic heterocycles. The van der Waals surface area contributed by atoms with Crippen molar-refractivity contribution in [3.05, 3.63) is 36.4 Å². The number of hydrogen-bond donors (Lipinski definition) is 1. The number of carbonyl (C=O) groups is 1. The van der Waals surface area contributed by atoms with E-state index in [-0.39, 0.29) is 5.12 Å². The van der Waals surface area contributed by atoms with Gasteiger partial charge >= 0.3 is 0 Å². The topological polar surface area (TPSA) is 17.1 Å². The molecule has 0 fully saturated rings. The summed E-state index contributed by atoms with van der Waals surface area (Å²) >= 11 is 3.46. The van der Waals surface area contributed by atoms with Crippen LogP contribution in [0, 0.1) is 0 Å². The van der Waals surface area contributed by atoms with E-state index in [1.807, 2.05) is 36.4 Å². The smallest absolute Gasteiger partial charge is 0.185 e. The molecule has 0 aliphatic carbocycles. The largest absolute Gasteiger partial charge is 0.288 e. The van der Waals surface area contributed by atoms with E-state index < -0.39 is 0 Å². The summed E-state index contributed by atoms with van der Waals surface area (Å²) in [6.07, 6.45) is 0.531. The van der Waals surface area contributed by atoms with Crippen LogP contribution in [-0.2, 0) is 4.79 Å². The Labute approximate surface area is 72.8 Å². The molecule has 1 nitrogen and oxygen atoms in total. The van der Waals surface area contributed by atoms with Crippen LogP contribution in [-0.4, -0.2) is 5.12 Å². The average molecular weight is 168 g/mol. The molecule has 0 heterocycles. The SMILES string of the molecule is CCC(=O)S.c1ccccc1. The summed E-state index contributed by atoms with van der Waals surface area (Å²) in [4.78, 5) is 9.68. The molecule has 1 aromatic carbocycles. The van der Waals surface area contributed by atoms with E-state index in [1.165, 1.54) is 0 Å². The van der Waals surface area contributed by atoms with Gasteiger partial charge in [0, 0.05) is 6.42 Å². The van der Waals surface area contributed by atoms with Gasteiger partial charge < -0.3 is 0 Å². The first-order valence-electron chi connectivity index (χ1n) is 3.49. The van der Waals surface area contributed by atoms with E-state index in [0.717, 1.165) is 0 Å². The van der Waals surface area contributed by atoms with Gasteiger partial charge in [0.25, 0.3) is 0 Å². The van der Waals surface area contributed by atoms with Gasteiger partial charge in [-0.15, -0.1) is 12.6 Å². The van der Waals surface area contributed by atoms with E-state index in [0.29, 0.717) is 6.42 Å². The lowest BCUT2D eigenvalue weighted by molar-refractivity contribution is -0.110. The maximum Gasteiger partial charge on any atom is 0.185 e. The molecule has 0 saturated heterocycles. The zero-order valence-electron chi connectivity index (χ0n) is 6.53. The fourth-order valence-corrected chi connectivity index (χ4v) is 0.385. The zero-order valence-corrected chi connectivity index (χ0v) is 7.42. The standard InChI is InChI=1S/C6H6.C3H6OS/c1-2-4-6-5-3-1;1-2-3(4)5/h1-6H;2H2,1H3,(H,4,5). The molecule has 0 atom stereocenters. The summed E-state index contributed by atoms with van der Waals surface area (Å²) in [5.41, 5.74) is 0. The van der Waals surface area contributed by atoms with Crippen molar-refractivity contribution < 1.29 is 4.79 Å². The molecule has 60 valence electrons. The van der Waals surface area contributed by atoms with Crippen molar-refractivity contribution in [3.63, 3.8) is 0 Å². The van der Waals surface area contributed by atoms with Gasteiger partial charge in [-0.2, -0.15) is 0 Å². The van der Waals surface area contributed by atoms with Crippen LogP contribution in [0.3, 0.4) is 0 Å². The maximum atomic E-state index is 9.68. The molecule has 0 aromatic heterocycles. The summed E-state index contributed by atoms with van der Waals surface area (Å²) in [6, 6.07) is 12.0. The van der Waals surface area contributed by atoms with Crippen LogP contribution in [0.5, 0.6) is 0 Å². The van der Waals surface area contributed by atoms with Crippen molar-refractivity contribution in [2.24, 2.45) is 0 Å². The molecule has 0 spiro atoms. The molecular formula is C9H12OS. The van der Waals surface area contributed by atoms with E-state index in [2.05, 4.69) is 12.6 Å². The van der Waals surface area contributed by atoms with Crippen molar-refractivity contribution in [1.29, 1.82) is 0 Å². The minimum atomic E-state index is -0.0509. The summed E-state index contributed by atoms with van der Waals surface area (Å²) in [7, 11) is 0. The summed E-state index contributed by atoms with van der Waals surface area (Å²) < 4.78 is 0. The second kappa shape index (κ2) is 7.35. The van der Waals surface area contributed by atoms with Gasteiger partial charge in [0.1, 0.15) is 0 Å². The molecule has 0 unspecified atom stereocenters. The van der Waals surface area contributed by atoms with Crippen molar-refractivity contribution in [2.75, 3.05) is 0 Å².